The molecule has 7 heteroatoms. The zero-order valence-electron chi connectivity index (χ0n) is 8.67. The number of ether oxygens (including phenoxy) is 1. The minimum Gasteiger partial charge on any atom is -0.466 e. The van der Waals surface area contributed by atoms with Gasteiger partial charge in [-0.3, -0.25) is 4.57 Å². The number of hydrogen-bond acceptors (Lipinski definition) is 5. The maximum atomic E-state index is 11.4. The van der Waals surface area contributed by atoms with Crippen LogP contribution in [0, 0.1) is 0 Å². The highest BCUT2D eigenvalue weighted by molar-refractivity contribution is 8.02. The SMILES string of the molecule is COC(=O)C=CSc1n[nH]c(=O)n1C1CC1. The van der Waals surface area contributed by atoms with Gasteiger partial charge in [0.15, 0.2) is 5.16 Å². The molecular weight excluding hydrogens is 230 g/mol. The van der Waals surface area contributed by atoms with E-state index >= 15 is 0 Å². The predicted molar refractivity (Wildman–Crippen MR) is 58.1 cm³/mol. The van der Waals surface area contributed by atoms with Gasteiger partial charge in [-0.1, -0.05) is 11.8 Å². The number of carbonyl (C=O) groups excluding carboxylic acids is 1. The summed E-state index contributed by atoms with van der Waals surface area (Å²) in [5, 5.41) is 8.41. The van der Waals surface area contributed by atoms with Gasteiger partial charge in [0.2, 0.25) is 0 Å². The van der Waals surface area contributed by atoms with E-state index in [2.05, 4.69) is 14.9 Å². The van der Waals surface area contributed by atoms with Gasteiger partial charge in [0.05, 0.1) is 7.11 Å². The van der Waals surface area contributed by atoms with Crippen LogP contribution >= 0.6 is 11.8 Å². The number of H-pyrrole nitrogens is 1. The molecule has 0 saturated heterocycles. The van der Waals surface area contributed by atoms with Gasteiger partial charge < -0.3 is 4.74 Å². The number of rotatable bonds is 4. The van der Waals surface area contributed by atoms with Crippen molar-refractivity contribution < 1.29 is 9.53 Å². The van der Waals surface area contributed by atoms with Crippen LogP contribution in [0.15, 0.2) is 21.4 Å². The highest BCUT2D eigenvalue weighted by atomic mass is 32.2. The van der Waals surface area contributed by atoms with Gasteiger partial charge in [-0.2, -0.15) is 0 Å². The van der Waals surface area contributed by atoms with Crippen molar-refractivity contribution in [3.05, 3.63) is 22.0 Å². The normalized spacial score (nSPS) is 15.6. The Morgan fingerprint density at radius 2 is 2.44 bits per heavy atom. The van der Waals surface area contributed by atoms with E-state index in [-0.39, 0.29) is 11.7 Å². The molecule has 6 nitrogen and oxygen atoms in total. The van der Waals surface area contributed by atoms with E-state index < -0.39 is 5.97 Å². The number of nitrogens with one attached hydrogen (secondary N) is 1. The second kappa shape index (κ2) is 4.56. The van der Waals surface area contributed by atoms with Crippen LogP contribution in [0.5, 0.6) is 0 Å². The lowest BCUT2D eigenvalue weighted by atomic mass is 10.7. The summed E-state index contributed by atoms with van der Waals surface area (Å²) in [4.78, 5) is 22.2. The Morgan fingerprint density at radius 3 is 3.06 bits per heavy atom. The van der Waals surface area contributed by atoms with Crippen molar-refractivity contribution in [2.45, 2.75) is 24.0 Å². The van der Waals surface area contributed by atoms with Crippen molar-refractivity contribution in [1.29, 1.82) is 0 Å². The lowest BCUT2D eigenvalue weighted by Crippen LogP contribution is -2.15. The van der Waals surface area contributed by atoms with Crippen LogP contribution in [-0.2, 0) is 9.53 Å². The number of nitrogens with zero attached hydrogens (tertiary/aromatic N) is 2. The highest BCUT2D eigenvalue weighted by Crippen LogP contribution is 2.36. The molecular formula is C9H11N3O3S. The monoisotopic (exact) mass is 241 g/mol. The fourth-order valence-electron chi connectivity index (χ4n) is 1.25. The van der Waals surface area contributed by atoms with Crippen molar-refractivity contribution in [3.63, 3.8) is 0 Å². The first kappa shape index (κ1) is 11.0. The molecule has 0 radical (unpaired) electrons. The molecule has 1 aromatic rings. The molecule has 1 saturated carbocycles. The van der Waals surface area contributed by atoms with Gasteiger partial charge in [0.1, 0.15) is 0 Å². The quantitative estimate of drug-likeness (QED) is 0.476. The fraction of sp³-hybridized carbons (Fsp3) is 0.444. The van der Waals surface area contributed by atoms with E-state index in [0.717, 1.165) is 12.8 Å². The van der Waals surface area contributed by atoms with Crippen molar-refractivity contribution in [2.75, 3.05) is 7.11 Å². The van der Waals surface area contributed by atoms with Gasteiger partial charge >= 0.3 is 11.7 Å². The number of esters is 1. The summed E-state index contributed by atoms with van der Waals surface area (Å²) in [5.74, 6) is -0.427. The van der Waals surface area contributed by atoms with E-state index in [9.17, 15) is 9.59 Å². The Labute approximate surface area is 95.7 Å². The molecule has 0 bridgehead atoms. The molecule has 1 N–H and O–H groups in total. The molecule has 1 aromatic heterocycles. The maximum absolute atomic E-state index is 11.4. The van der Waals surface area contributed by atoms with E-state index in [1.165, 1.54) is 24.9 Å². The summed E-state index contributed by atoms with van der Waals surface area (Å²) in [6.07, 6.45) is 3.31. The first-order chi connectivity index (χ1) is 7.72. The number of aromatic nitrogens is 3. The van der Waals surface area contributed by atoms with Crippen molar-refractivity contribution in [1.82, 2.24) is 14.8 Å². The number of hydrogen-bond donors (Lipinski definition) is 1. The van der Waals surface area contributed by atoms with Crippen LogP contribution in [-0.4, -0.2) is 27.8 Å². The van der Waals surface area contributed by atoms with E-state index in [4.69, 9.17) is 0 Å². The second-order valence-corrected chi connectivity index (χ2v) is 4.23. The molecule has 2 rings (SSSR count). The molecule has 1 aliphatic rings. The molecule has 0 spiro atoms. The number of carbonyl (C=O) groups is 1. The Bertz CT molecular complexity index is 473. The van der Waals surface area contributed by atoms with Crippen LogP contribution in [0.3, 0.4) is 0 Å². The minimum absolute atomic E-state index is 0.198. The van der Waals surface area contributed by atoms with Gasteiger partial charge in [-0.15, -0.1) is 5.10 Å². The van der Waals surface area contributed by atoms with Crippen molar-refractivity contribution in [2.24, 2.45) is 0 Å². The minimum atomic E-state index is -0.427. The Morgan fingerprint density at radius 1 is 1.69 bits per heavy atom. The smallest absolute Gasteiger partial charge is 0.344 e. The number of methoxy groups -OCH3 is 1. The summed E-state index contributed by atoms with van der Waals surface area (Å²) in [7, 11) is 1.31. The number of thioether (sulfide) groups is 1. The van der Waals surface area contributed by atoms with E-state index in [1.807, 2.05) is 0 Å². The molecule has 0 aliphatic heterocycles. The van der Waals surface area contributed by atoms with Gasteiger partial charge in [0, 0.05) is 12.1 Å². The standard InChI is InChI=1S/C9H11N3O3S/c1-15-7(13)4-5-16-9-11-10-8(14)12(9)6-2-3-6/h4-6H,2-3H2,1H3,(H,10,14). The zero-order chi connectivity index (χ0) is 11.5. The Kier molecular flexibility index (Phi) is 3.14. The average Bonchev–Trinajstić information content (AvgIpc) is 3.04. The fourth-order valence-corrected chi connectivity index (χ4v) is 1.99. The molecule has 1 fully saturated rings. The third-order valence-electron chi connectivity index (χ3n) is 2.16. The van der Waals surface area contributed by atoms with Crippen LogP contribution in [0.1, 0.15) is 18.9 Å². The first-order valence-corrected chi connectivity index (χ1v) is 5.68. The molecule has 16 heavy (non-hydrogen) atoms. The first-order valence-electron chi connectivity index (χ1n) is 4.80. The predicted octanol–water partition coefficient (Wildman–Crippen LogP) is 0.685. The van der Waals surface area contributed by atoms with E-state index in [0.29, 0.717) is 5.16 Å². The third kappa shape index (κ3) is 2.35. The summed E-state index contributed by atoms with van der Waals surface area (Å²) < 4.78 is 6.06. The van der Waals surface area contributed by atoms with Gasteiger partial charge in [-0.05, 0) is 18.2 Å². The lowest BCUT2D eigenvalue weighted by Gasteiger charge is -1.98. The summed E-state index contributed by atoms with van der Waals surface area (Å²) >= 11 is 1.22. The Balaban J connectivity index is 2.07. The molecule has 1 aliphatic carbocycles. The molecule has 86 valence electrons. The summed E-state index contributed by atoms with van der Waals surface area (Å²) in [5.41, 5.74) is -0.198. The van der Waals surface area contributed by atoms with Crippen LogP contribution < -0.4 is 5.69 Å². The molecule has 1 heterocycles. The maximum Gasteiger partial charge on any atom is 0.344 e. The largest absolute Gasteiger partial charge is 0.466 e. The topological polar surface area (TPSA) is 77.0 Å². The molecule has 0 amide bonds. The third-order valence-corrected chi connectivity index (χ3v) is 2.93. The van der Waals surface area contributed by atoms with Gasteiger partial charge in [-0.25, -0.2) is 14.7 Å². The Hall–Kier alpha value is -1.50. The van der Waals surface area contributed by atoms with Crippen LogP contribution in [0.25, 0.3) is 0 Å². The van der Waals surface area contributed by atoms with Gasteiger partial charge in [0.25, 0.3) is 0 Å². The summed E-state index contributed by atoms with van der Waals surface area (Å²) in [6.45, 7) is 0. The second-order valence-electron chi connectivity index (χ2n) is 3.36. The van der Waals surface area contributed by atoms with Crippen LogP contribution in [0.2, 0.25) is 0 Å². The number of aromatic amines is 1. The molecule has 0 atom stereocenters. The lowest BCUT2D eigenvalue weighted by molar-refractivity contribution is -0.134. The van der Waals surface area contributed by atoms with E-state index in [1.54, 1.807) is 9.98 Å². The molecule has 0 unspecified atom stereocenters. The highest BCUT2D eigenvalue weighted by Gasteiger charge is 2.28. The van der Waals surface area contributed by atoms with Crippen molar-refractivity contribution >= 4 is 17.7 Å². The van der Waals surface area contributed by atoms with Crippen molar-refractivity contribution in [3.8, 4) is 0 Å². The molecule has 0 aromatic carbocycles. The van der Waals surface area contributed by atoms with Crippen LogP contribution in [0.4, 0.5) is 0 Å². The summed E-state index contributed by atoms with van der Waals surface area (Å²) in [6, 6.07) is 0.264. The average molecular weight is 241 g/mol. The zero-order valence-corrected chi connectivity index (χ0v) is 9.49.